The predicted molar refractivity (Wildman–Crippen MR) is 111 cm³/mol. The van der Waals surface area contributed by atoms with Crippen LogP contribution in [0.25, 0.3) is 5.69 Å². The Balaban J connectivity index is 1.49. The number of furan rings is 1. The van der Waals surface area contributed by atoms with Crippen LogP contribution in [0.5, 0.6) is 0 Å². The summed E-state index contributed by atoms with van der Waals surface area (Å²) in [6.07, 6.45) is 1.86. The molecule has 4 rings (SSSR count). The molecular formula is C20H19FN6O4S. The van der Waals surface area contributed by atoms with Gasteiger partial charge in [0.15, 0.2) is 5.16 Å². The van der Waals surface area contributed by atoms with Crippen molar-refractivity contribution in [3.63, 3.8) is 0 Å². The maximum absolute atomic E-state index is 13.4. The van der Waals surface area contributed by atoms with E-state index in [1.165, 1.54) is 18.4 Å². The first kappa shape index (κ1) is 21.6. The Kier molecular flexibility index (Phi) is 6.50. The van der Waals surface area contributed by atoms with E-state index in [1.54, 1.807) is 28.8 Å². The lowest BCUT2D eigenvalue weighted by Gasteiger charge is -2.23. The third-order valence-electron chi connectivity index (χ3n) is 4.61. The molecule has 32 heavy (non-hydrogen) atoms. The number of hydrogen-bond acceptors (Lipinski definition) is 7. The number of carbonyl (C=O) groups excluding carboxylic acids is 3. The molecule has 12 heteroatoms. The molecule has 1 aliphatic heterocycles. The van der Waals surface area contributed by atoms with Gasteiger partial charge in [0, 0.05) is 24.6 Å². The van der Waals surface area contributed by atoms with Crippen LogP contribution >= 0.6 is 11.8 Å². The molecule has 3 N–H and O–H groups in total. The lowest BCUT2D eigenvalue weighted by Crippen LogP contribution is -2.53. The second-order valence-corrected chi connectivity index (χ2v) is 7.92. The third kappa shape index (κ3) is 5.32. The Morgan fingerprint density at radius 3 is 2.78 bits per heavy atom. The van der Waals surface area contributed by atoms with Crippen molar-refractivity contribution in [2.24, 2.45) is 0 Å². The number of halogens is 1. The summed E-state index contributed by atoms with van der Waals surface area (Å²) in [4.78, 5) is 35.5. The molecule has 3 aromatic rings. The first-order valence-corrected chi connectivity index (χ1v) is 10.7. The van der Waals surface area contributed by atoms with Crippen LogP contribution in [0, 0.1) is 5.82 Å². The predicted octanol–water partition coefficient (Wildman–Crippen LogP) is 1.55. The van der Waals surface area contributed by atoms with Crippen LogP contribution in [-0.2, 0) is 22.6 Å². The Hall–Kier alpha value is -3.67. The number of amides is 4. The van der Waals surface area contributed by atoms with Crippen molar-refractivity contribution in [3.05, 3.63) is 60.1 Å². The first-order valence-electron chi connectivity index (χ1n) is 9.70. The summed E-state index contributed by atoms with van der Waals surface area (Å²) in [5.74, 6) is 0.176. The van der Waals surface area contributed by atoms with E-state index in [9.17, 15) is 18.8 Å². The standard InChI is InChI=1S/C20H19FN6O4S/c21-12-3-5-14(6-4-12)27-16(8-13-9-17(28)24-19(30)23-13)25-26-20(27)32-11-18(29)22-10-15-2-1-7-31-15/h1-7,13H,8-11H2,(H,22,29)(H2,23,24,28,30). The largest absolute Gasteiger partial charge is 0.467 e. The average molecular weight is 458 g/mol. The molecular weight excluding hydrogens is 439 g/mol. The topological polar surface area (TPSA) is 131 Å². The number of aromatic nitrogens is 3. The van der Waals surface area contributed by atoms with Crippen molar-refractivity contribution in [2.75, 3.05) is 5.75 Å². The third-order valence-corrected chi connectivity index (χ3v) is 5.54. The maximum Gasteiger partial charge on any atom is 0.321 e. The van der Waals surface area contributed by atoms with Crippen LogP contribution in [0.4, 0.5) is 9.18 Å². The summed E-state index contributed by atoms with van der Waals surface area (Å²) < 4.78 is 20.3. The molecule has 0 spiro atoms. The minimum Gasteiger partial charge on any atom is -0.467 e. The molecule has 0 aliphatic carbocycles. The van der Waals surface area contributed by atoms with Crippen LogP contribution in [0.3, 0.4) is 0 Å². The highest BCUT2D eigenvalue weighted by Gasteiger charge is 2.27. The number of hydrogen-bond donors (Lipinski definition) is 3. The molecule has 3 heterocycles. The summed E-state index contributed by atoms with van der Waals surface area (Å²) in [7, 11) is 0. The number of imide groups is 1. The van der Waals surface area contributed by atoms with Gasteiger partial charge in [-0.15, -0.1) is 10.2 Å². The Morgan fingerprint density at radius 1 is 1.25 bits per heavy atom. The molecule has 1 fully saturated rings. The fourth-order valence-electron chi connectivity index (χ4n) is 3.17. The Labute approximate surface area is 186 Å². The zero-order valence-corrected chi connectivity index (χ0v) is 17.5. The zero-order valence-electron chi connectivity index (χ0n) is 16.7. The van der Waals surface area contributed by atoms with Crippen LogP contribution < -0.4 is 16.0 Å². The van der Waals surface area contributed by atoms with Gasteiger partial charge in [-0.2, -0.15) is 0 Å². The quantitative estimate of drug-likeness (QED) is 0.437. The van der Waals surface area contributed by atoms with Crippen molar-refractivity contribution >= 4 is 29.6 Å². The van der Waals surface area contributed by atoms with Crippen LogP contribution in [-0.4, -0.2) is 44.4 Å². The molecule has 1 aromatic carbocycles. The van der Waals surface area contributed by atoms with E-state index in [-0.39, 0.29) is 37.0 Å². The van der Waals surface area contributed by atoms with Gasteiger partial charge in [-0.05, 0) is 36.4 Å². The summed E-state index contributed by atoms with van der Waals surface area (Å²) in [6, 6.07) is 8.20. The number of urea groups is 1. The number of carbonyl (C=O) groups is 3. The molecule has 2 aromatic heterocycles. The zero-order chi connectivity index (χ0) is 22.5. The number of rotatable bonds is 8. The van der Waals surface area contributed by atoms with Crippen molar-refractivity contribution < 1.29 is 23.2 Å². The van der Waals surface area contributed by atoms with Gasteiger partial charge in [-0.3, -0.25) is 19.5 Å². The number of thioether (sulfide) groups is 1. The highest BCUT2D eigenvalue weighted by molar-refractivity contribution is 7.99. The van der Waals surface area contributed by atoms with Crippen molar-refractivity contribution in [3.8, 4) is 5.69 Å². The smallest absolute Gasteiger partial charge is 0.321 e. The van der Waals surface area contributed by atoms with Gasteiger partial charge in [-0.25, -0.2) is 9.18 Å². The van der Waals surface area contributed by atoms with E-state index in [1.807, 2.05) is 0 Å². The molecule has 1 unspecified atom stereocenters. The minimum atomic E-state index is -0.568. The average Bonchev–Trinajstić information content (AvgIpc) is 3.41. The highest BCUT2D eigenvalue weighted by atomic mass is 32.2. The van der Waals surface area contributed by atoms with Crippen LogP contribution in [0.1, 0.15) is 18.0 Å². The van der Waals surface area contributed by atoms with Gasteiger partial charge in [-0.1, -0.05) is 11.8 Å². The van der Waals surface area contributed by atoms with Gasteiger partial charge in [0.25, 0.3) is 0 Å². The normalized spacial score (nSPS) is 15.8. The van der Waals surface area contributed by atoms with Gasteiger partial charge in [0.1, 0.15) is 17.4 Å². The van der Waals surface area contributed by atoms with Crippen molar-refractivity contribution in [1.29, 1.82) is 0 Å². The Bertz CT molecular complexity index is 1100. The lowest BCUT2D eigenvalue weighted by atomic mass is 10.1. The summed E-state index contributed by atoms with van der Waals surface area (Å²) in [5.41, 5.74) is 0.594. The van der Waals surface area contributed by atoms with E-state index in [0.29, 0.717) is 22.4 Å². The fourth-order valence-corrected chi connectivity index (χ4v) is 3.97. The van der Waals surface area contributed by atoms with Gasteiger partial charge >= 0.3 is 6.03 Å². The number of benzene rings is 1. The van der Waals surface area contributed by atoms with E-state index in [2.05, 4.69) is 26.1 Å². The molecule has 1 atom stereocenters. The second kappa shape index (κ2) is 9.64. The van der Waals surface area contributed by atoms with Crippen LogP contribution in [0.15, 0.2) is 52.2 Å². The van der Waals surface area contributed by atoms with Gasteiger partial charge < -0.3 is 15.1 Å². The molecule has 10 nitrogen and oxygen atoms in total. The van der Waals surface area contributed by atoms with Crippen molar-refractivity contribution in [1.82, 2.24) is 30.7 Å². The molecule has 0 bridgehead atoms. The van der Waals surface area contributed by atoms with Gasteiger partial charge in [0.05, 0.1) is 18.6 Å². The molecule has 0 saturated carbocycles. The summed E-state index contributed by atoms with van der Waals surface area (Å²) in [6.45, 7) is 0.270. The van der Waals surface area contributed by atoms with Crippen molar-refractivity contribution in [2.45, 2.75) is 30.6 Å². The fraction of sp³-hybridized carbons (Fsp3) is 0.250. The summed E-state index contributed by atoms with van der Waals surface area (Å²) in [5, 5.41) is 16.4. The molecule has 1 saturated heterocycles. The highest BCUT2D eigenvalue weighted by Crippen LogP contribution is 2.23. The van der Waals surface area contributed by atoms with E-state index in [4.69, 9.17) is 4.42 Å². The number of nitrogens with zero attached hydrogens (tertiary/aromatic N) is 3. The van der Waals surface area contributed by atoms with E-state index in [0.717, 1.165) is 11.8 Å². The molecule has 1 aliphatic rings. The maximum atomic E-state index is 13.4. The second-order valence-electron chi connectivity index (χ2n) is 6.98. The lowest BCUT2D eigenvalue weighted by molar-refractivity contribution is -0.121. The monoisotopic (exact) mass is 458 g/mol. The number of nitrogens with one attached hydrogen (secondary N) is 3. The van der Waals surface area contributed by atoms with Crippen LogP contribution in [0.2, 0.25) is 0 Å². The SMILES string of the molecule is O=C(CSc1nnc(CC2CC(=O)NC(=O)N2)n1-c1ccc(F)cc1)NCc1ccco1. The van der Waals surface area contributed by atoms with Gasteiger partial charge in [0.2, 0.25) is 11.8 Å². The summed E-state index contributed by atoms with van der Waals surface area (Å²) >= 11 is 1.16. The minimum absolute atomic E-state index is 0.0720. The Morgan fingerprint density at radius 2 is 2.06 bits per heavy atom. The molecule has 166 valence electrons. The van der Waals surface area contributed by atoms with E-state index >= 15 is 0 Å². The molecule has 0 radical (unpaired) electrons. The first-order chi connectivity index (χ1) is 15.5. The van der Waals surface area contributed by atoms with E-state index < -0.39 is 17.9 Å². The molecule has 4 amide bonds.